The molecule has 1 aliphatic rings. The van der Waals surface area contributed by atoms with Gasteiger partial charge in [-0.25, -0.2) is 0 Å². The number of nitrogens with zero attached hydrogens (tertiary/aromatic N) is 1. The molecule has 0 saturated heterocycles. The normalized spacial score (nSPS) is 17.8. The molecule has 0 saturated carbocycles. The van der Waals surface area contributed by atoms with Crippen molar-refractivity contribution in [3.05, 3.63) is 17.7 Å². The molecule has 0 fully saturated rings. The van der Waals surface area contributed by atoms with Crippen LogP contribution in [-0.4, -0.2) is 38.9 Å². The molecule has 104 valence electrons. The molecule has 1 aromatic rings. The maximum absolute atomic E-state index is 10.9. The third-order valence-electron chi connectivity index (χ3n) is 3.47. The second-order valence-electron chi connectivity index (χ2n) is 4.89. The van der Waals surface area contributed by atoms with Crippen molar-refractivity contribution in [1.82, 2.24) is 0 Å². The maximum atomic E-state index is 10.9. The summed E-state index contributed by atoms with van der Waals surface area (Å²) in [4.78, 5) is 12.9. The monoisotopic (exact) mass is 265 g/mol. The van der Waals surface area contributed by atoms with Crippen molar-refractivity contribution in [3.8, 4) is 11.5 Å². The topological polar surface area (TPSA) is 59.0 Å². The summed E-state index contributed by atoms with van der Waals surface area (Å²) in [5.41, 5.74) is 2.11. The van der Waals surface area contributed by atoms with Gasteiger partial charge in [0.1, 0.15) is 11.5 Å². The van der Waals surface area contributed by atoms with E-state index in [9.17, 15) is 4.79 Å². The number of aliphatic carboxylic acids is 1. The molecule has 1 aliphatic heterocycles. The highest BCUT2D eigenvalue weighted by Gasteiger charge is 2.27. The summed E-state index contributed by atoms with van der Waals surface area (Å²) in [5.74, 6) is 0.870. The number of fused-ring (bicyclic) bond motifs is 1. The summed E-state index contributed by atoms with van der Waals surface area (Å²) in [6, 6.07) is 3.81. The molecule has 0 bridgehead atoms. The lowest BCUT2D eigenvalue weighted by molar-refractivity contribution is -0.138. The van der Waals surface area contributed by atoms with Gasteiger partial charge in [0.2, 0.25) is 0 Å². The van der Waals surface area contributed by atoms with Gasteiger partial charge in [0.05, 0.1) is 26.3 Å². The fraction of sp³-hybridized carbons (Fsp3) is 0.500. The predicted molar refractivity (Wildman–Crippen MR) is 72.3 cm³/mol. The van der Waals surface area contributed by atoms with Crippen molar-refractivity contribution in [2.45, 2.75) is 12.8 Å². The summed E-state index contributed by atoms with van der Waals surface area (Å²) in [7, 11) is 5.20. The summed E-state index contributed by atoms with van der Waals surface area (Å²) in [6.07, 6.45) is 0.919. The smallest absolute Gasteiger partial charge is 0.303 e. The van der Waals surface area contributed by atoms with Gasteiger partial charge in [-0.3, -0.25) is 4.79 Å². The molecular formula is C14H19NO4. The quantitative estimate of drug-likeness (QED) is 0.899. The highest BCUT2D eigenvalue weighted by Crippen LogP contribution is 2.40. The minimum atomic E-state index is -0.753. The minimum Gasteiger partial charge on any atom is -0.497 e. The molecule has 1 aromatic carbocycles. The molecule has 1 unspecified atom stereocenters. The average molecular weight is 265 g/mol. The van der Waals surface area contributed by atoms with Crippen LogP contribution in [0.15, 0.2) is 12.1 Å². The van der Waals surface area contributed by atoms with Gasteiger partial charge in [-0.1, -0.05) is 0 Å². The number of benzene rings is 1. The van der Waals surface area contributed by atoms with E-state index in [0.717, 1.165) is 35.7 Å². The van der Waals surface area contributed by atoms with E-state index in [2.05, 4.69) is 4.90 Å². The zero-order valence-corrected chi connectivity index (χ0v) is 11.5. The number of carboxylic acid groups (broad SMARTS) is 1. The van der Waals surface area contributed by atoms with E-state index >= 15 is 0 Å². The van der Waals surface area contributed by atoms with E-state index in [4.69, 9.17) is 14.6 Å². The zero-order valence-electron chi connectivity index (χ0n) is 11.5. The lowest BCUT2D eigenvalue weighted by atomic mass is 9.90. The Bertz CT molecular complexity index is 487. The Kier molecular flexibility index (Phi) is 3.83. The van der Waals surface area contributed by atoms with Crippen LogP contribution >= 0.6 is 0 Å². The van der Waals surface area contributed by atoms with Gasteiger partial charge >= 0.3 is 5.97 Å². The highest BCUT2D eigenvalue weighted by atomic mass is 16.5. The first kappa shape index (κ1) is 13.5. The van der Waals surface area contributed by atoms with Crippen LogP contribution in [0.25, 0.3) is 0 Å². The van der Waals surface area contributed by atoms with Crippen LogP contribution in [0.4, 0.5) is 5.69 Å². The van der Waals surface area contributed by atoms with Gasteiger partial charge in [0.15, 0.2) is 0 Å². The predicted octanol–water partition coefficient (Wildman–Crippen LogP) is 1.79. The van der Waals surface area contributed by atoms with Gasteiger partial charge in [-0.15, -0.1) is 0 Å². The molecule has 19 heavy (non-hydrogen) atoms. The minimum absolute atomic E-state index is 0.117. The summed E-state index contributed by atoms with van der Waals surface area (Å²) in [6.45, 7) is 0.724. The van der Waals surface area contributed by atoms with Crippen LogP contribution < -0.4 is 14.4 Å². The van der Waals surface area contributed by atoms with Gasteiger partial charge in [0, 0.05) is 19.7 Å². The number of carbonyl (C=O) groups is 1. The van der Waals surface area contributed by atoms with Crippen molar-refractivity contribution in [2.75, 3.05) is 32.7 Å². The second-order valence-corrected chi connectivity index (χ2v) is 4.89. The van der Waals surface area contributed by atoms with E-state index in [0.29, 0.717) is 0 Å². The molecular weight excluding hydrogens is 246 g/mol. The number of carboxylic acids is 1. The fourth-order valence-corrected chi connectivity index (χ4v) is 2.74. The first-order valence-electron chi connectivity index (χ1n) is 6.23. The van der Waals surface area contributed by atoms with Gasteiger partial charge in [0.25, 0.3) is 0 Å². The van der Waals surface area contributed by atoms with Gasteiger partial charge in [-0.05, 0) is 24.0 Å². The molecule has 5 heteroatoms. The Morgan fingerprint density at radius 1 is 1.42 bits per heavy atom. The van der Waals surface area contributed by atoms with Crippen LogP contribution in [0.5, 0.6) is 11.5 Å². The van der Waals surface area contributed by atoms with E-state index in [1.165, 1.54) is 0 Å². The third-order valence-corrected chi connectivity index (χ3v) is 3.47. The van der Waals surface area contributed by atoms with E-state index < -0.39 is 5.97 Å². The average Bonchev–Trinajstić information content (AvgIpc) is 2.36. The molecule has 0 spiro atoms. The van der Waals surface area contributed by atoms with E-state index in [1.54, 1.807) is 14.2 Å². The van der Waals surface area contributed by atoms with Crippen molar-refractivity contribution >= 4 is 11.7 Å². The van der Waals surface area contributed by atoms with Crippen LogP contribution in [0.3, 0.4) is 0 Å². The first-order valence-corrected chi connectivity index (χ1v) is 6.23. The maximum Gasteiger partial charge on any atom is 0.303 e. The molecule has 1 heterocycles. The largest absolute Gasteiger partial charge is 0.497 e. The summed E-state index contributed by atoms with van der Waals surface area (Å²) >= 11 is 0. The third kappa shape index (κ3) is 2.75. The Balaban J connectivity index is 2.37. The van der Waals surface area contributed by atoms with Crippen molar-refractivity contribution < 1.29 is 19.4 Å². The standard InChI is InChI=1S/C14H19NO4/c1-15-8-9(5-13(16)17)4-10-6-11(18-2)7-12(19-3)14(10)15/h6-7,9H,4-5,8H2,1-3H3,(H,16,17). The van der Waals surface area contributed by atoms with Crippen molar-refractivity contribution in [3.63, 3.8) is 0 Å². The molecule has 0 aromatic heterocycles. The Labute approximate surface area is 112 Å². The second kappa shape index (κ2) is 5.38. The zero-order chi connectivity index (χ0) is 14.0. The van der Waals surface area contributed by atoms with Crippen molar-refractivity contribution in [1.29, 1.82) is 0 Å². The lowest BCUT2D eigenvalue weighted by Gasteiger charge is -2.34. The number of hydrogen-bond donors (Lipinski definition) is 1. The Morgan fingerprint density at radius 3 is 2.74 bits per heavy atom. The van der Waals surface area contributed by atoms with E-state index in [1.807, 2.05) is 19.2 Å². The van der Waals surface area contributed by atoms with Crippen LogP contribution in [0.1, 0.15) is 12.0 Å². The van der Waals surface area contributed by atoms with E-state index in [-0.39, 0.29) is 12.3 Å². The molecule has 1 atom stereocenters. The molecule has 2 rings (SSSR count). The molecule has 0 amide bonds. The first-order chi connectivity index (χ1) is 9.05. The fourth-order valence-electron chi connectivity index (χ4n) is 2.74. The molecule has 1 N–H and O–H groups in total. The van der Waals surface area contributed by atoms with Crippen LogP contribution in [0.2, 0.25) is 0 Å². The molecule has 0 aliphatic carbocycles. The Hall–Kier alpha value is -1.91. The van der Waals surface area contributed by atoms with Gasteiger partial charge in [-0.2, -0.15) is 0 Å². The highest BCUT2D eigenvalue weighted by molar-refractivity contribution is 5.70. The van der Waals surface area contributed by atoms with Crippen molar-refractivity contribution in [2.24, 2.45) is 5.92 Å². The molecule has 5 nitrogen and oxygen atoms in total. The van der Waals surface area contributed by atoms with Crippen LogP contribution in [0, 0.1) is 5.92 Å². The summed E-state index contributed by atoms with van der Waals surface area (Å²) in [5, 5.41) is 8.93. The number of hydrogen-bond acceptors (Lipinski definition) is 4. The van der Waals surface area contributed by atoms with Crippen LogP contribution in [-0.2, 0) is 11.2 Å². The SMILES string of the molecule is COc1cc2c(c(OC)c1)N(C)CC(CC(=O)O)C2. The molecule has 0 radical (unpaired) electrons. The van der Waals surface area contributed by atoms with Gasteiger partial charge < -0.3 is 19.5 Å². The lowest BCUT2D eigenvalue weighted by Crippen LogP contribution is -2.33. The number of rotatable bonds is 4. The number of ether oxygens (including phenoxy) is 2. The Morgan fingerprint density at radius 2 is 2.16 bits per heavy atom. The summed E-state index contributed by atoms with van der Waals surface area (Å²) < 4.78 is 10.7. The number of methoxy groups -OCH3 is 2. The number of anilines is 1.